The first-order valence-electron chi connectivity index (χ1n) is 20.1. The topological polar surface area (TPSA) is 0 Å². The molecular weight excluding hydrogens is 772 g/mol. The molecule has 0 aromatic heterocycles. The fourth-order valence-corrected chi connectivity index (χ4v) is 5.50. The van der Waals surface area contributed by atoms with Gasteiger partial charge in [-0.3, -0.25) is 0 Å². The van der Waals surface area contributed by atoms with Gasteiger partial charge < -0.3 is 0 Å². The van der Waals surface area contributed by atoms with Crippen molar-refractivity contribution in [2.45, 2.75) is 138 Å². The second kappa shape index (κ2) is 22.2. The van der Waals surface area contributed by atoms with Gasteiger partial charge in [-0.15, -0.1) is 12.8 Å². The maximum atomic E-state index is 13.3. The summed E-state index contributed by atoms with van der Waals surface area (Å²) in [5, 5.41) is 0.197. The summed E-state index contributed by atoms with van der Waals surface area (Å²) in [6.07, 6.45) is 10.5. The Bertz CT molecular complexity index is 2200. The zero-order chi connectivity index (χ0) is 46.4. The van der Waals surface area contributed by atoms with E-state index < -0.39 is 0 Å². The molecule has 0 fully saturated rings. The van der Waals surface area contributed by atoms with Crippen LogP contribution < -0.4 is 0 Å². The highest BCUT2D eigenvalue weighted by Crippen LogP contribution is 2.28. The van der Waals surface area contributed by atoms with Crippen LogP contribution in [0.4, 0.5) is 17.6 Å². The number of rotatable bonds is 0. The average Bonchev–Trinajstić information content (AvgIpc) is 3.12. The Kier molecular flexibility index (Phi) is 19.7. The van der Waals surface area contributed by atoms with Crippen molar-refractivity contribution in [3.8, 4) is 24.7 Å². The van der Waals surface area contributed by atoms with Crippen molar-refractivity contribution in [3.63, 3.8) is 0 Å². The second-order valence-electron chi connectivity index (χ2n) is 19.9. The third-order valence-electron chi connectivity index (χ3n) is 9.31. The summed E-state index contributed by atoms with van der Waals surface area (Å²) in [6, 6.07) is 30.0. The van der Waals surface area contributed by atoms with Crippen LogP contribution in [0.5, 0.6) is 0 Å². The molecule has 0 nitrogen and oxygen atoms in total. The van der Waals surface area contributed by atoms with E-state index in [0.717, 1.165) is 27.8 Å². The number of halogens is 5. The largest absolute Gasteiger partial charge is 0.207 e. The molecule has 5 aromatic rings. The van der Waals surface area contributed by atoms with E-state index in [0.29, 0.717) is 5.56 Å². The number of aryl methyl sites for hydroxylation is 1. The van der Waals surface area contributed by atoms with Gasteiger partial charge in [-0.05, 0) is 122 Å². The molecule has 0 aliphatic heterocycles. The lowest BCUT2D eigenvalue weighted by Gasteiger charge is -2.19. The van der Waals surface area contributed by atoms with Gasteiger partial charge in [-0.2, -0.15) is 0 Å². The highest BCUT2D eigenvalue weighted by Gasteiger charge is 2.18. The van der Waals surface area contributed by atoms with Crippen LogP contribution in [0.2, 0.25) is 5.02 Å². The van der Waals surface area contributed by atoms with Crippen molar-refractivity contribution in [3.05, 3.63) is 176 Å². The van der Waals surface area contributed by atoms with E-state index in [2.05, 4.69) is 107 Å². The highest BCUT2D eigenvalue weighted by atomic mass is 35.5. The van der Waals surface area contributed by atoms with Gasteiger partial charge in [0.25, 0.3) is 0 Å². The van der Waals surface area contributed by atoms with Crippen molar-refractivity contribution in [1.82, 2.24) is 0 Å². The molecule has 5 rings (SSSR count). The highest BCUT2D eigenvalue weighted by molar-refractivity contribution is 6.30. The van der Waals surface area contributed by atoms with Gasteiger partial charge in [0.05, 0.1) is 10.6 Å². The van der Waals surface area contributed by atoms with Gasteiger partial charge in [0.15, 0.2) is 0 Å². The van der Waals surface area contributed by atoms with E-state index in [9.17, 15) is 17.6 Å². The maximum Gasteiger partial charge on any atom is 0.141 e. The number of terminal acetylenes is 2. The molecule has 0 unspecified atom stereocenters. The predicted octanol–water partition coefficient (Wildman–Crippen LogP) is 16.4. The van der Waals surface area contributed by atoms with Crippen LogP contribution in [0, 0.1) is 54.9 Å². The zero-order valence-electron chi connectivity index (χ0n) is 38.9. The van der Waals surface area contributed by atoms with E-state index in [-0.39, 0.29) is 55.4 Å². The molecule has 0 saturated carbocycles. The summed E-state index contributed by atoms with van der Waals surface area (Å²) in [5.74, 6) is 4.03. The maximum absolute atomic E-state index is 13.3. The van der Waals surface area contributed by atoms with Gasteiger partial charge in [-0.1, -0.05) is 176 Å². The van der Waals surface area contributed by atoms with Gasteiger partial charge in [-0.25, -0.2) is 17.6 Å². The first-order chi connectivity index (χ1) is 27.3. The van der Waals surface area contributed by atoms with E-state index in [1.54, 1.807) is 30.3 Å². The third-order valence-corrected chi connectivity index (χ3v) is 9.60. The minimum Gasteiger partial charge on any atom is -0.207 e. The van der Waals surface area contributed by atoms with Crippen LogP contribution >= 0.6 is 11.6 Å². The number of benzene rings is 5. The Balaban J connectivity index is 0.000000375. The fraction of sp³-hybridized carbons (Fsp3) is 0.382. The van der Waals surface area contributed by atoms with Gasteiger partial charge >= 0.3 is 0 Å². The summed E-state index contributed by atoms with van der Waals surface area (Å²) >= 11 is 5.64. The molecule has 0 bridgehead atoms. The third kappa shape index (κ3) is 18.7. The van der Waals surface area contributed by atoms with Gasteiger partial charge in [0.1, 0.15) is 23.3 Å². The standard InChI is InChI=1S/C12H13F.C12H14.C11H15F.C10H12ClF.C10H13F/c1-5-9-8-10(12(2,3)4)6-7-11(9)13;1-5-10-7-6-8-11(9-10)12(2,3)4;1-8-5-6-9(10(12)7-8)11(2,3)4;1-10(2,3)7-4-5-9(12)8(11)6-7;1-10(2,3)8-4-6-9(11)7-5-8/h1,6-8H,2-4H3;1,6-9H,2-4H3;5-7H,1-4H3;4-6H,1-3H3;4-7H,1-3H3. The van der Waals surface area contributed by atoms with Gasteiger partial charge in [0, 0.05) is 5.56 Å². The van der Waals surface area contributed by atoms with Crippen LogP contribution in [0.15, 0.2) is 103 Å². The van der Waals surface area contributed by atoms with E-state index in [1.165, 1.54) is 35.4 Å². The van der Waals surface area contributed by atoms with E-state index in [4.69, 9.17) is 24.4 Å². The van der Waals surface area contributed by atoms with Crippen molar-refractivity contribution in [2.24, 2.45) is 0 Å². The molecule has 5 heteroatoms. The molecular formula is C55H67ClF4. The Morgan fingerprint density at radius 1 is 0.433 bits per heavy atom. The van der Waals surface area contributed by atoms with Crippen molar-refractivity contribution < 1.29 is 17.6 Å². The summed E-state index contributed by atoms with van der Waals surface area (Å²) < 4.78 is 51.6. The molecule has 0 aliphatic carbocycles. The lowest BCUT2D eigenvalue weighted by atomic mass is 9.86. The monoisotopic (exact) mass is 838 g/mol. The molecule has 322 valence electrons. The zero-order valence-corrected chi connectivity index (χ0v) is 39.6. The Morgan fingerprint density at radius 3 is 1.30 bits per heavy atom. The Labute approximate surface area is 366 Å². The van der Waals surface area contributed by atoms with Crippen LogP contribution in [-0.4, -0.2) is 0 Å². The minimum absolute atomic E-state index is 0.0132. The molecule has 0 N–H and O–H groups in total. The Hall–Kier alpha value is -4.77. The molecule has 0 atom stereocenters. The molecule has 0 amide bonds. The molecule has 0 radical (unpaired) electrons. The Morgan fingerprint density at radius 2 is 0.883 bits per heavy atom. The van der Waals surface area contributed by atoms with Crippen molar-refractivity contribution >= 4 is 11.6 Å². The number of hydrogen-bond donors (Lipinski definition) is 0. The second-order valence-corrected chi connectivity index (χ2v) is 20.3. The van der Waals surface area contributed by atoms with E-state index in [1.807, 2.05) is 64.1 Å². The predicted molar refractivity (Wildman–Crippen MR) is 251 cm³/mol. The lowest BCUT2D eigenvalue weighted by Crippen LogP contribution is -2.13. The molecule has 0 spiro atoms. The first-order valence-corrected chi connectivity index (χ1v) is 20.5. The van der Waals surface area contributed by atoms with Crippen LogP contribution in [0.3, 0.4) is 0 Å². The summed E-state index contributed by atoms with van der Waals surface area (Å²) in [5.41, 5.74) is 7.87. The lowest BCUT2D eigenvalue weighted by molar-refractivity contribution is 0.522. The van der Waals surface area contributed by atoms with Crippen molar-refractivity contribution in [2.75, 3.05) is 0 Å². The molecule has 5 aromatic carbocycles. The fourth-order valence-electron chi connectivity index (χ4n) is 5.32. The first kappa shape index (κ1) is 53.2. The van der Waals surface area contributed by atoms with Crippen LogP contribution in [-0.2, 0) is 27.1 Å². The average molecular weight is 840 g/mol. The molecule has 0 aliphatic rings. The van der Waals surface area contributed by atoms with Crippen molar-refractivity contribution in [1.29, 1.82) is 0 Å². The van der Waals surface area contributed by atoms with Crippen LogP contribution in [0.1, 0.15) is 148 Å². The summed E-state index contributed by atoms with van der Waals surface area (Å²) in [6.45, 7) is 33.2. The smallest absolute Gasteiger partial charge is 0.141 e. The molecule has 0 heterocycles. The quantitative estimate of drug-likeness (QED) is 0.108. The van der Waals surface area contributed by atoms with E-state index >= 15 is 0 Å². The van der Waals surface area contributed by atoms with Crippen LogP contribution in [0.25, 0.3) is 0 Å². The summed E-state index contributed by atoms with van der Waals surface area (Å²) in [7, 11) is 0. The number of hydrogen-bond acceptors (Lipinski definition) is 0. The minimum atomic E-state index is -0.357. The van der Waals surface area contributed by atoms with Gasteiger partial charge in [0.2, 0.25) is 0 Å². The molecule has 0 saturated heterocycles. The molecule has 60 heavy (non-hydrogen) atoms. The normalized spacial score (nSPS) is 11.4. The SMILES string of the molecule is C#Cc1cc(C(C)(C)C)ccc1F.C#Cc1cccc(C(C)(C)C)c1.CC(C)(C)c1ccc(F)c(Cl)c1.CC(C)(C)c1ccc(F)cc1.Cc1ccc(C(C)(C)C)c(F)c1. The summed E-state index contributed by atoms with van der Waals surface area (Å²) in [4.78, 5) is 0.